The van der Waals surface area contributed by atoms with Crippen LogP contribution in [0.15, 0.2) is 59.5 Å². The van der Waals surface area contributed by atoms with Gasteiger partial charge in [-0.15, -0.1) is 0 Å². The maximum atomic E-state index is 13.0. The molecule has 1 aliphatic heterocycles. The normalized spacial score (nSPS) is 20.1. The zero-order valence-electron chi connectivity index (χ0n) is 15.2. The summed E-state index contributed by atoms with van der Waals surface area (Å²) < 4.78 is 63.8. The third kappa shape index (κ3) is 3.98. The fraction of sp³-hybridized carbons (Fsp3) is 0.263. The van der Waals surface area contributed by atoms with Crippen molar-refractivity contribution in [3.05, 3.63) is 65.7 Å². The lowest BCUT2D eigenvalue weighted by atomic mass is 9.90. The van der Waals surface area contributed by atoms with Gasteiger partial charge < -0.3 is 5.32 Å². The predicted octanol–water partition coefficient (Wildman–Crippen LogP) is 2.95. The Labute approximate surface area is 165 Å². The Morgan fingerprint density at radius 3 is 2.31 bits per heavy atom. The van der Waals surface area contributed by atoms with E-state index in [0.29, 0.717) is 4.90 Å². The second-order valence-electron chi connectivity index (χ2n) is 6.72. The first-order valence-electron chi connectivity index (χ1n) is 8.55. The molecule has 154 valence electrons. The smallest absolute Gasteiger partial charge is 0.319 e. The van der Waals surface area contributed by atoms with E-state index >= 15 is 0 Å². The Morgan fingerprint density at radius 2 is 1.69 bits per heavy atom. The van der Waals surface area contributed by atoms with E-state index in [1.807, 2.05) is 0 Å². The van der Waals surface area contributed by atoms with Crippen LogP contribution in [0.25, 0.3) is 0 Å². The van der Waals surface area contributed by atoms with Crippen molar-refractivity contribution in [3.8, 4) is 0 Å². The molecule has 1 N–H and O–H groups in total. The van der Waals surface area contributed by atoms with Crippen LogP contribution < -0.4 is 5.32 Å². The Bertz CT molecular complexity index is 1050. The topological polar surface area (TPSA) is 83.6 Å². The fourth-order valence-corrected chi connectivity index (χ4v) is 4.29. The quantitative estimate of drug-likeness (QED) is 0.746. The van der Waals surface area contributed by atoms with Crippen LogP contribution in [0, 0.1) is 0 Å². The number of rotatable bonds is 5. The largest absolute Gasteiger partial charge is 0.416 e. The van der Waals surface area contributed by atoms with Crippen LogP contribution in [0.5, 0.6) is 0 Å². The lowest BCUT2D eigenvalue weighted by molar-refractivity contribution is -0.138. The summed E-state index contributed by atoms with van der Waals surface area (Å²) in [5.74, 6) is -1.32. The van der Waals surface area contributed by atoms with Gasteiger partial charge in [-0.1, -0.05) is 30.3 Å². The highest BCUT2D eigenvalue weighted by Crippen LogP contribution is 2.34. The number of hydrogen-bond donors (Lipinski definition) is 1. The Morgan fingerprint density at radius 1 is 1.03 bits per heavy atom. The van der Waals surface area contributed by atoms with Crippen molar-refractivity contribution in [2.24, 2.45) is 0 Å². The summed E-state index contributed by atoms with van der Waals surface area (Å²) in [6.07, 6.45) is -4.61. The predicted molar refractivity (Wildman–Crippen MR) is 97.5 cm³/mol. The number of nitrogens with one attached hydrogen (secondary N) is 1. The third-order valence-corrected chi connectivity index (χ3v) is 6.44. The zero-order chi connectivity index (χ0) is 21.4. The van der Waals surface area contributed by atoms with E-state index in [-0.39, 0.29) is 10.5 Å². The number of urea groups is 1. The molecular formula is C19H17F3N2O4S. The SMILES string of the molecule is CC1(c2cccc(C(F)(F)F)c2)NC(=O)N(CCS(=O)(=O)c2ccccc2)C1=O. The Kier molecular flexibility index (Phi) is 5.16. The summed E-state index contributed by atoms with van der Waals surface area (Å²) in [5.41, 5.74) is -2.73. The van der Waals surface area contributed by atoms with E-state index in [1.54, 1.807) is 18.2 Å². The number of benzene rings is 2. The molecule has 0 aromatic heterocycles. The molecule has 2 aromatic rings. The zero-order valence-corrected chi connectivity index (χ0v) is 16.0. The molecule has 1 heterocycles. The molecule has 1 fully saturated rings. The lowest BCUT2D eigenvalue weighted by Crippen LogP contribution is -2.41. The molecule has 1 unspecified atom stereocenters. The summed E-state index contributed by atoms with van der Waals surface area (Å²) in [6.45, 7) is 0.866. The first-order chi connectivity index (χ1) is 13.4. The Balaban J connectivity index is 1.83. The van der Waals surface area contributed by atoms with Gasteiger partial charge in [0.25, 0.3) is 5.91 Å². The van der Waals surface area contributed by atoms with Crippen LogP contribution >= 0.6 is 0 Å². The Hall–Kier alpha value is -2.88. The molecular weight excluding hydrogens is 409 g/mol. The van der Waals surface area contributed by atoms with Gasteiger partial charge in [-0.05, 0) is 36.8 Å². The average molecular weight is 426 g/mol. The number of sulfone groups is 1. The van der Waals surface area contributed by atoms with Crippen molar-refractivity contribution in [2.75, 3.05) is 12.3 Å². The number of carbonyl (C=O) groups excluding carboxylic acids is 2. The first kappa shape index (κ1) is 20.8. The maximum Gasteiger partial charge on any atom is 0.416 e. The van der Waals surface area contributed by atoms with Gasteiger partial charge in [0.2, 0.25) is 0 Å². The summed E-state index contributed by atoms with van der Waals surface area (Å²) in [5, 5.41) is 2.38. The van der Waals surface area contributed by atoms with E-state index in [2.05, 4.69) is 5.32 Å². The third-order valence-electron chi connectivity index (χ3n) is 4.73. The van der Waals surface area contributed by atoms with Gasteiger partial charge in [-0.25, -0.2) is 13.2 Å². The minimum absolute atomic E-state index is 0.0425. The number of hydrogen-bond acceptors (Lipinski definition) is 4. The average Bonchev–Trinajstić information content (AvgIpc) is 2.90. The molecule has 6 nitrogen and oxygen atoms in total. The second kappa shape index (κ2) is 7.18. The molecule has 3 amide bonds. The van der Waals surface area contributed by atoms with Crippen molar-refractivity contribution < 1.29 is 31.2 Å². The summed E-state index contributed by atoms with van der Waals surface area (Å²) in [7, 11) is -3.75. The molecule has 10 heteroatoms. The minimum atomic E-state index is -4.61. The number of nitrogens with zero attached hydrogens (tertiary/aromatic N) is 1. The number of amides is 3. The van der Waals surface area contributed by atoms with Gasteiger partial charge in [0.15, 0.2) is 9.84 Å². The van der Waals surface area contributed by atoms with Crippen LogP contribution in [0.4, 0.5) is 18.0 Å². The molecule has 29 heavy (non-hydrogen) atoms. The molecule has 0 bridgehead atoms. The highest BCUT2D eigenvalue weighted by Gasteiger charge is 2.49. The minimum Gasteiger partial charge on any atom is -0.319 e. The number of imide groups is 1. The fourth-order valence-electron chi connectivity index (χ4n) is 3.06. The van der Waals surface area contributed by atoms with Crippen LogP contribution in [0.3, 0.4) is 0 Å². The lowest BCUT2D eigenvalue weighted by Gasteiger charge is -2.23. The van der Waals surface area contributed by atoms with Gasteiger partial charge in [0.05, 0.1) is 16.2 Å². The van der Waals surface area contributed by atoms with Gasteiger partial charge in [0, 0.05) is 6.54 Å². The van der Waals surface area contributed by atoms with E-state index in [1.165, 1.54) is 25.1 Å². The molecule has 1 aliphatic rings. The maximum absolute atomic E-state index is 13.0. The standard InChI is InChI=1S/C19H17F3N2O4S/c1-18(13-6-5-7-14(12-13)19(20,21)22)16(25)24(17(26)23-18)10-11-29(27,28)15-8-3-2-4-9-15/h2-9,12H,10-11H2,1H3,(H,23,26). The molecule has 0 saturated carbocycles. The molecule has 3 rings (SSSR count). The van der Waals surface area contributed by atoms with Gasteiger partial charge in [0.1, 0.15) is 5.54 Å². The van der Waals surface area contributed by atoms with Crippen LogP contribution in [-0.4, -0.2) is 37.6 Å². The molecule has 1 atom stereocenters. The van der Waals surface area contributed by atoms with Crippen molar-refractivity contribution in [1.82, 2.24) is 10.2 Å². The molecule has 1 saturated heterocycles. The number of alkyl halides is 3. The van der Waals surface area contributed by atoms with Crippen molar-refractivity contribution in [3.63, 3.8) is 0 Å². The van der Waals surface area contributed by atoms with Crippen molar-refractivity contribution >= 4 is 21.8 Å². The summed E-state index contributed by atoms with van der Waals surface area (Å²) in [4.78, 5) is 25.9. The van der Waals surface area contributed by atoms with E-state index in [0.717, 1.165) is 18.2 Å². The van der Waals surface area contributed by atoms with Crippen molar-refractivity contribution in [2.45, 2.75) is 23.5 Å². The molecule has 0 radical (unpaired) electrons. The molecule has 0 spiro atoms. The number of carbonyl (C=O) groups is 2. The van der Waals surface area contributed by atoms with Crippen LogP contribution in [-0.2, 0) is 26.3 Å². The highest BCUT2D eigenvalue weighted by molar-refractivity contribution is 7.91. The molecule has 0 aliphatic carbocycles. The van der Waals surface area contributed by atoms with E-state index < -0.39 is 51.4 Å². The van der Waals surface area contributed by atoms with Crippen LogP contribution in [0.1, 0.15) is 18.1 Å². The molecule has 2 aromatic carbocycles. The summed E-state index contributed by atoms with van der Waals surface area (Å²) in [6, 6.07) is 10.8. The highest BCUT2D eigenvalue weighted by atomic mass is 32.2. The summed E-state index contributed by atoms with van der Waals surface area (Å²) >= 11 is 0. The van der Waals surface area contributed by atoms with Gasteiger partial charge in [-0.2, -0.15) is 13.2 Å². The van der Waals surface area contributed by atoms with Gasteiger partial charge in [-0.3, -0.25) is 9.69 Å². The second-order valence-corrected chi connectivity index (χ2v) is 8.83. The van der Waals surface area contributed by atoms with Gasteiger partial charge >= 0.3 is 12.2 Å². The van der Waals surface area contributed by atoms with Crippen molar-refractivity contribution in [1.29, 1.82) is 0 Å². The van der Waals surface area contributed by atoms with E-state index in [9.17, 15) is 31.2 Å². The van der Waals surface area contributed by atoms with E-state index in [4.69, 9.17) is 0 Å². The monoisotopic (exact) mass is 426 g/mol. The number of halogens is 3. The van der Waals surface area contributed by atoms with Crippen LogP contribution in [0.2, 0.25) is 0 Å². The first-order valence-corrected chi connectivity index (χ1v) is 10.2.